The Kier molecular flexibility index (Phi) is 3.93. The second-order valence-corrected chi connectivity index (χ2v) is 6.09. The molecule has 2 aromatic heterocycles. The molecule has 0 aliphatic heterocycles. The van der Waals surface area contributed by atoms with Gasteiger partial charge in [-0.3, -0.25) is 0 Å². The van der Waals surface area contributed by atoms with Crippen LogP contribution in [-0.2, 0) is 6.42 Å². The molecule has 0 N–H and O–H groups in total. The van der Waals surface area contributed by atoms with Crippen molar-refractivity contribution in [3.8, 4) is 17.2 Å². The summed E-state index contributed by atoms with van der Waals surface area (Å²) in [6.07, 6.45) is 2.41. The SMILES string of the molecule is N#Cc1ccccc1-c1ccc(Cc2cc(Cl)nc3ccnn23)cc1. The first-order valence-corrected chi connectivity index (χ1v) is 8.20. The van der Waals surface area contributed by atoms with Crippen molar-refractivity contribution in [2.75, 3.05) is 0 Å². The van der Waals surface area contributed by atoms with E-state index in [0.29, 0.717) is 17.1 Å². The lowest BCUT2D eigenvalue weighted by Gasteiger charge is -2.08. The van der Waals surface area contributed by atoms with Crippen LogP contribution >= 0.6 is 11.6 Å². The maximum Gasteiger partial charge on any atom is 0.156 e. The average molecular weight is 345 g/mol. The van der Waals surface area contributed by atoms with Crippen molar-refractivity contribution in [3.63, 3.8) is 0 Å². The summed E-state index contributed by atoms with van der Waals surface area (Å²) < 4.78 is 1.80. The van der Waals surface area contributed by atoms with Gasteiger partial charge in [-0.25, -0.2) is 9.50 Å². The van der Waals surface area contributed by atoms with Crippen LogP contribution < -0.4 is 0 Å². The molecule has 0 unspecified atom stereocenters. The Morgan fingerprint density at radius 2 is 1.84 bits per heavy atom. The number of benzene rings is 2. The summed E-state index contributed by atoms with van der Waals surface area (Å²) in [6, 6.07) is 21.7. The molecule has 0 aliphatic rings. The molecule has 120 valence electrons. The molecular weight excluding hydrogens is 332 g/mol. The summed E-state index contributed by atoms with van der Waals surface area (Å²) in [5, 5.41) is 14.0. The maximum absolute atomic E-state index is 9.26. The first-order valence-electron chi connectivity index (χ1n) is 7.82. The first kappa shape index (κ1) is 15.4. The van der Waals surface area contributed by atoms with Gasteiger partial charge in [-0.1, -0.05) is 54.1 Å². The van der Waals surface area contributed by atoms with Gasteiger partial charge in [0.1, 0.15) is 5.15 Å². The van der Waals surface area contributed by atoms with Crippen molar-refractivity contribution >= 4 is 17.2 Å². The molecule has 4 aromatic rings. The van der Waals surface area contributed by atoms with Crippen LogP contribution in [0.4, 0.5) is 0 Å². The number of aromatic nitrogens is 3. The van der Waals surface area contributed by atoms with E-state index < -0.39 is 0 Å². The number of nitriles is 1. The Hall–Kier alpha value is -3.16. The van der Waals surface area contributed by atoms with Crippen molar-refractivity contribution in [2.45, 2.75) is 6.42 Å². The highest BCUT2D eigenvalue weighted by Crippen LogP contribution is 2.24. The van der Waals surface area contributed by atoms with Gasteiger partial charge < -0.3 is 0 Å². The lowest BCUT2D eigenvalue weighted by Crippen LogP contribution is -2.01. The fraction of sp³-hybridized carbons (Fsp3) is 0.0500. The van der Waals surface area contributed by atoms with Crippen molar-refractivity contribution in [1.82, 2.24) is 14.6 Å². The molecular formula is C20H13ClN4. The smallest absolute Gasteiger partial charge is 0.156 e. The molecule has 2 aromatic carbocycles. The Bertz CT molecular complexity index is 1090. The van der Waals surface area contributed by atoms with Gasteiger partial charge in [-0.05, 0) is 28.8 Å². The third-order valence-electron chi connectivity index (χ3n) is 4.10. The van der Waals surface area contributed by atoms with E-state index in [1.54, 1.807) is 10.7 Å². The lowest BCUT2D eigenvalue weighted by atomic mass is 9.98. The van der Waals surface area contributed by atoms with Gasteiger partial charge in [0.05, 0.1) is 23.5 Å². The van der Waals surface area contributed by atoms with Gasteiger partial charge in [-0.2, -0.15) is 10.4 Å². The third kappa shape index (κ3) is 2.98. The zero-order chi connectivity index (χ0) is 17.2. The van der Waals surface area contributed by atoms with Gasteiger partial charge in [-0.15, -0.1) is 0 Å². The predicted octanol–water partition coefficient (Wildman–Crippen LogP) is 4.51. The first-order chi connectivity index (χ1) is 12.2. The lowest BCUT2D eigenvalue weighted by molar-refractivity contribution is 0.863. The second kappa shape index (κ2) is 6.39. The summed E-state index contributed by atoms with van der Waals surface area (Å²) >= 11 is 6.10. The Balaban J connectivity index is 1.67. The van der Waals surface area contributed by atoms with Crippen molar-refractivity contribution in [2.24, 2.45) is 0 Å². The molecule has 0 amide bonds. The van der Waals surface area contributed by atoms with Gasteiger partial charge in [0.2, 0.25) is 0 Å². The summed E-state index contributed by atoms with van der Waals surface area (Å²) in [4.78, 5) is 4.25. The van der Waals surface area contributed by atoms with Crippen LogP contribution in [-0.4, -0.2) is 14.6 Å². The number of hydrogen-bond acceptors (Lipinski definition) is 3. The van der Waals surface area contributed by atoms with E-state index in [4.69, 9.17) is 11.6 Å². The molecule has 0 saturated carbocycles. The van der Waals surface area contributed by atoms with Crippen molar-refractivity contribution in [1.29, 1.82) is 5.26 Å². The fourth-order valence-electron chi connectivity index (χ4n) is 2.91. The summed E-state index contributed by atoms with van der Waals surface area (Å²) in [5.41, 5.74) is 5.50. The quantitative estimate of drug-likeness (QED) is 0.514. The highest BCUT2D eigenvalue weighted by atomic mass is 35.5. The largest absolute Gasteiger partial charge is 0.219 e. The molecule has 2 heterocycles. The van der Waals surface area contributed by atoms with E-state index in [1.807, 2.05) is 48.5 Å². The zero-order valence-electron chi connectivity index (χ0n) is 13.2. The fourth-order valence-corrected chi connectivity index (χ4v) is 3.12. The molecule has 0 radical (unpaired) electrons. The van der Waals surface area contributed by atoms with Gasteiger partial charge >= 0.3 is 0 Å². The normalized spacial score (nSPS) is 10.7. The van der Waals surface area contributed by atoms with E-state index in [-0.39, 0.29) is 0 Å². The van der Waals surface area contributed by atoms with Crippen LogP contribution in [0, 0.1) is 11.3 Å². The highest BCUT2D eigenvalue weighted by Gasteiger charge is 2.08. The summed E-state index contributed by atoms with van der Waals surface area (Å²) in [7, 11) is 0. The number of hydrogen-bond donors (Lipinski definition) is 0. The Morgan fingerprint density at radius 3 is 2.64 bits per heavy atom. The van der Waals surface area contributed by atoms with Gasteiger partial charge in [0.15, 0.2) is 5.65 Å². The standard InChI is InChI=1S/C20H13ClN4/c21-19-12-17(25-20(24-19)9-10-23-25)11-14-5-7-15(8-6-14)18-4-2-1-3-16(18)13-22/h1-10,12H,11H2. The number of nitrogens with zero attached hydrogens (tertiary/aromatic N) is 4. The summed E-state index contributed by atoms with van der Waals surface area (Å²) in [6.45, 7) is 0. The number of rotatable bonds is 3. The highest BCUT2D eigenvalue weighted by molar-refractivity contribution is 6.29. The van der Waals surface area contributed by atoms with E-state index >= 15 is 0 Å². The summed E-state index contributed by atoms with van der Waals surface area (Å²) in [5.74, 6) is 0. The monoisotopic (exact) mass is 344 g/mol. The third-order valence-corrected chi connectivity index (χ3v) is 4.29. The van der Waals surface area contributed by atoms with Gasteiger partial charge in [0, 0.05) is 12.5 Å². The molecule has 0 atom stereocenters. The maximum atomic E-state index is 9.26. The van der Waals surface area contributed by atoms with Crippen LogP contribution in [0.2, 0.25) is 5.15 Å². The van der Waals surface area contributed by atoms with E-state index in [9.17, 15) is 5.26 Å². The van der Waals surface area contributed by atoms with Crippen molar-refractivity contribution in [3.05, 3.63) is 88.8 Å². The molecule has 0 fully saturated rings. The van der Waals surface area contributed by atoms with Crippen LogP contribution in [0.3, 0.4) is 0 Å². The second-order valence-electron chi connectivity index (χ2n) is 5.70. The molecule has 0 bridgehead atoms. The molecule has 0 aliphatic carbocycles. The minimum atomic E-state index is 0.461. The van der Waals surface area contributed by atoms with Crippen LogP contribution in [0.25, 0.3) is 16.8 Å². The predicted molar refractivity (Wildman–Crippen MR) is 97.4 cm³/mol. The minimum Gasteiger partial charge on any atom is -0.219 e. The van der Waals surface area contributed by atoms with E-state index in [0.717, 1.165) is 28.0 Å². The van der Waals surface area contributed by atoms with Crippen molar-refractivity contribution < 1.29 is 0 Å². The molecule has 25 heavy (non-hydrogen) atoms. The number of halogens is 1. The Morgan fingerprint density at radius 1 is 1.04 bits per heavy atom. The molecule has 4 rings (SSSR count). The zero-order valence-corrected chi connectivity index (χ0v) is 14.0. The van der Waals surface area contributed by atoms with Crippen LogP contribution in [0.1, 0.15) is 16.8 Å². The number of fused-ring (bicyclic) bond motifs is 1. The van der Waals surface area contributed by atoms with Gasteiger partial charge in [0.25, 0.3) is 0 Å². The molecule has 0 spiro atoms. The van der Waals surface area contributed by atoms with E-state index in [2.05, 4.69) is 28.3 Å². The molecule has 0 saturated heterocycles. The minimum absolute atomic E-state index is 0.461. The average Bonchev–Trinajstić information content (AvgIpc) is 3.11. The molecule has 4 nitrogen and oxygen atoms in total. The Labute approximate surface area is 149 Å². The molecule has 5 heteroatoms. The van der Waals surface area contributed by atoms with Crippen LogP contribution in [0.15, 0.2) is 66.9 Å². The van der Waals surface area contributed by atoms with Crippen LogP contribution in [0.5, 0.6) is 0 Å². The topological polar surface area (TPSA) is 54.0 Å². The van der Waals surface area contributed by atoms with E-state index in [1.165, 1.54) is 0 Å².